The van der Waals surface area contributed by atoms with Crippen molar-refractivity contribution in [1.82, 2.24) is 10.6 Å². The highest BCUT2D eigenvalue weighted by atomic mass is 16.4. The number of carbonyl (C=O) groups excluding carboxylic acids is 1. The summed E-state index contributed by atoms with van der Waals surface area (Å²) in [6.45, 7) is 7.01. The third-order valence-corrected chi connectivity index (χ3v) is 2.71. The van der Waals surface area contributed by atoms with Crippen molar-refractivity contribution in [3.8, 4) is 0 Å². The van der Waals surface area contributed by atoms with Crippen molar-refractivity contribution in [2.45, 2.75) is 39.8 Å². The van der Waals surface area contributed by atoms with E-state index in [9.17, 15) is 9.59 Å². The fourth-order valence-corrected chi connectivity index (χ4v) is 1.63. The van der Waals surface area contributed by atoms with Gasteiger partial charge in [0.1, 0.15) is 11.8 Å². The highest BCUT2D eigenvalue weighted by molar-refractivity contribution is 5.83. The van der Waals surface area contributed by atoms with Gasteiger partial charge in [0, 0.05) is 0 Å². The quantitative estimate of drug-likeness (QED) is 0.780. The number of nitrogens with one attached hydrogen (secondary N) is 2. The maximum absolute atomic E-state index is 11.8. The Labute approximate surface area is 112 Å². The first-order chi connectivity index (χ1) is 8.71. The molecule has 2 amide bonds. The SMILES string of the molecule is CC(NC(=O)NC(C(=O)O)C(C)(C)C)c1ccco1. The summed E-state index contributed by atoms with van der Waals surface area (Å²) in [6, 6.07) is 1.64. The van der Waals surface area contributed by atoms with Crippen LogP contribution in [0.5, 0.6) is 0 Å². The summed E-state index contributed by atoms with van der Waals surface area (Å²) >= 11 is 0. The van der Waals surface area contributed by atoms with Crippen molar-refractivity contribution >= 4 is 12.0 Å². The average Bonchev–Trinajstić information content (AvgIpc) is 2.77. The van der Waals surface area contributed by atoms with Crippen LogP contribution in [0.1, 0.15) is 39.5 Å². The van der Waals surface area contributed by atoms with Gasteiger partial charge in [-0.3, -0.25) is 0 Å². The Morgan fingerprint density at radius 3 is 2.37 bits per heavy atom. The van der Waals surface area contributed by atoms with Gasteiger partial charge >= 0.3 is 12.0 Å². The number of hydrogen-bond donors (Lipinski definition) is 3. The Balaban J connectivity index is 2.61. The van der Waals surface area contributed by atoms with Gasteiger partial charge in [-0.05, 0) is 24.5 Å². The number of carboxylic acid groups (broad SMARTS) is 1. The normalized spacial score (nSPS) is 14.5. The molecule has 0 aliphatic carbocycles. The Bertz CT molecular complexity index is 434. The highest BCUT2D eigenvalue weighted by Gasteiger charge is 2.32. The molecule has 0 spiro atoms. The predicted octanol–water partition coefficient (Wildman–Crippen LogP) is 2.14. The van der Waals surface area contributed by atoms with Gasteiger partial charge in [0.05, 0.1) is 12.3 Å². The first-order valence-electron chi connectivity index (χ1n) is 6.05. The molecular weight excluding hydrogens is 248 g/mol. The van der Waals surface area contributed by atoms with Crippen molar-refractivity contribution in [1.29, 1.82) is 0 Å². The van der Waals surface area contributed by atoms with E-state index in [1.165, 1.54) is 6.26 Å². The Kier molecular flexibility index (Phi) is 4.58. The third kappa shape index (κ3) is 4.31. The largest absolute Gasteiger partial charge is 0.480 e. The lowest BCUT2D eigenvalue weighted by molar-refractivity contribution is -0.141. The fraction of sp³-hybridized carbons (Fsp3) is 0.538. The van der Waals surface area contributed by atoms with Crippen LogP contribution in [-0.4, -0.2) is 23.1 Å². The minimum atomic E-state index is -1.06. The molecule has 1 aromatic rings. The summed E-state index contributed by atoms with van der Waals surface area (Å²) in [5, 5.41) is 14.2. The monoisotopic (exact) mass is 268 g/mol. The maximum Gasteiger partial charge on any atom is 0.326 e. The van der Waals surface area contributed by atoms with Crippen molar-refractivity contribution in [2.75, 3.05) is 0 Å². The number of aliphatic carboxylic acids is 1. The van der Waals surface area contributed by atoms with E-state index in [2.05, 4.69) is 10.6 Å². The predicted molar refractivity (Wildman–Crippen MR) is 69.7 cm³/mol. The molecule has 1 aromatic heterocycles. The molecule has 3 N–H and O–H groups in total. The first-order valence-corrected chi connectivity index (χ1v) is 6.05. The number of carbonyl (C=O) groups is 2. The molecular formula is C13H20N2O4. The summed E-state index contributed by atoms with van der Waals surface area (Å²) < 4.78 is 5.16. The molecule has 0 aliphatic rings. The standard InChI is InChI=1S/C13H20N2O4/c1-8(9-6-5-7-19-9)14-12(18)15-10(11(16)17)13(2,3)4/h5-8,10H,1-4H3,(H,16,17)(H2,14,15,18). The first kappa shape index (κ1) is 15.1. The molecule has 6 heteroatoms. The van der Waals surface area contributed by atoms with Crippen molar-refractivity contribution < 1.29 is 19.1 Å². The fourth-order valence-electron chi connectivity index (χ4n) is 1.63. The van der Waals surface area contributed by atoms with Crippen LogP contribution in [0, 0.1) is 5.41 Å². The van der Waals surface area contributed by atoms with E-state index in [1.54, 1.807) is 39.8 Å². The molecule has 0 saturated heterocycles. The number of rotatable bonds is 4. The van der Waals surface area contributed by atoms with Crippen LogP contribution in [0.4, 0.5) is 4.79 Å². The maximum atomic E-state index is 11.8. The Morgan fingerprint density at radius 1 is 1.32 bits per heavy atom. The average molecular weight is 268 g/mol. The number of urea groups is 1. The van der Waals surface area contributed by atoms with Gasteiger partial charge in [-0.15, -0.1) is 0 Å². The van der Waals surface area contributed by atoms with Gasteiger partial charge < -0.3 is 20.2 Å². The third-order valence-electron chi connectivity index (χ3n) is 2.71. The molecule has 0 fully saturated rings. The topological polar surface area (TPSA) is 91.6 Å². The van der Waals surface area contributed by atoms with Gasteiger partial charge in [0.2, 0.25) is 0 Å². The molecule has 0 aromatic carbocycles. The molecule has 0 radical (unpaired) electrons. The van der Waals surface area contributed by atoms with Gasteiger partial charge in [0.25, 0.3) is 0 Å². The summed E-state index contributed by atoms with van der Waals surface area (Å²) in [5.74, 6) is -0.453. The summed E-state index contributed by atoms with van der Waals surface area (Å²) in [6.07, 6.45) is 1.51. The lowest BCUT2D eigenvalue weighted by Gasteiger charge is -2.28. The van der Waals surface area contributed by atoms with Crippen LogP contribution >= 0.6 is 0 Å². The summed E-state index contributed by atoms with van der Waals surface area (Å²) in [4.78, 5) is 22.9. The van der Waals surface area contributed by atoms with Crippen LogP contribution in [0.15, 0.2) is 22.8 Å². The van der Waals surface area contributed by atoms with E-state index < -0.39 is 23.5 Å². The van der Waals surface area contributed by atoms with Crippen LogP contribution in [0.2, 0.25) is 0 Å². The molecule has 1 heterocycles. The van der Waals surface area contributed by atoms with Crippen LogP contribution < -0.4 is 10.6 Å². The molecule has 2 atom stereocenters. The van der Waals surface area contributed by atoms with E-state index in [0.717, 1.165) is 0 Å². The summed E-state index contributed by atoms with van der Waals surface area (Å²) in [7, 11) is 0. The molecule has 0 aliphatic heterocycles. The number of amides is 2. The van der Waals surface area contributed by atoms with Gasteiger partial charge in [-0.2, -0.15) is 0 Å². The van der Waals surface area contributed by atoms with Crippen molar-refractivity contribution in [3.05, 3.63) is 24.2 Å². The molecule has 2 unspecified atom stereocenters. The van der Waals surface area contributed by atoms with Crippen molar-refractivity contribution in [2.24, 2.45) is 5.41 Å². The van der Waals surface area contributed by atoms with E-state index in [1.807, 2.05) is 0 Å². The highest BCUT2D eigenvalue weighted by Crippen LogP contribution is 2.19. The number of furan rings is 1. The minimum Gasteiger partial charge on any atom is -0.480 e. The minimum absolute atomic E-state index is 0.329. The lowest BCUT2D eigenvalue weighted by atomic mass is 9.87. The van der Waals surface area contributed by atoms with Crippen LogP contribution in [0.25, 0.3) is 0 Å². The number of hydrogen-bond acceptors (Lipinski definition) is 3. The van der Waals surface area contributed by atoms with Crippen molar-refractivity contribution in [3.63, 3.8) is 0 Å². The molecule has 19 heavy (non-hydrogen) atoms. The second kappa shape index (κ2) is 5.77. The van der Waals surface area contributed by atoms with Gasteiger partial charge in [0.15, 0.2) is 0 Å². The zero-order valence-electron chi connectivity index (χ0n) is 11.6. The molecule has 0 bridgehead atoms. The zero-order valence-corrected chi connectivity index (χ0v) is 11.6. The van der Waals surface area contributed by atoms with E-state index >= 15 is 0 Å². The molecule has 1 rings (SSSR count). The van der Waals surface area contributed by atoms with Crippen LogP contribution in [-0.2, 0) is 4.79 Å². The Hall–Kier alpha value is -1.98. The Morgan fingerprint density at radius 2 is 1.95 bits per heavy atom. The van der Waals surface area contributed by atoms with E-state index in [-0.39, 0.29) is 6.04 Å². The number of carboxylic acids is 1. The zero-order chi connectivity index (χ0) is 14.6. The van der Waals surface area contributed by atoms with E-state index in [0.29, 0.717) is 5.76 Å². The second-order valence-corrected chi connectivity index (χ2v) is 5.49. The molecule has 0 saturated carbocycles. The van der Waals surface area contributed by atoms with Gasteiger partial charge in [-0.1, -0.05) is 20.8 Å². The second-order valence-electron chi connectivity index (χ2n) is 5.49. The smallest absolute Gasteiger partial charge is 0.326 e. The van der Waals surface area contributed by atoms with E-state index in [4.69, 9.17) is 9.52 Å². The lowest BCUT2D eigenvalue weighted by Crippen LogP contribution is -2.52. The summed E-state index contributed by atoms with van der Waals surface area (Å²) in [5.41, 5.74) is -0.572. The molecule has 6 nitrogen and oxygen atoms in total. The van der Waals surface area contributed by atoms with Crippen LogP contribution in [0.3, 0.4) is 0 Å². The molecule has 106 valence electrons. The van der Waals surface area contributed by atoms with Gasteiger partial charge in [-0.25, -0.2) is 9.59 Å².